The number of rotatable bonds is 5. The first-order chi connectivity index (χ1) is 9.02. The molecule has 1 aromatic rings. The van der Waals surface area contributed by atoms with Crippen molar-refractivity contribution in [1.29, 1.82) is 0 Å². The number of nitrogens with zero attached hydrogens (tertiary/aromatic N) is 1. The van der Waals surface area contributed by atoms with Gasteiger partial charge in [0.25, 0.3) is 0 Å². The Morgan fingerprint density at radius 2 is 2.47 bits per heavy atom. The number of thioether (sulfide) groups is 1. The van der Waals surface area contributed by atoms with Crippen molar-refractivity contribution in [3.8, 4) is 0 Å². The minimum Gasteiger partial charge on any atom is -0.480 e. The van der Waals surface area contributed by atoms with Gasteiger partial charge in [0.15, 0.2) is 5.16 Å². The molecule has 1 fully saturated rings. The average Bonchev–Trinajstić information content (AvgIpc) is 2.81. The number of imidazole rings is 1. The van der Waals surface area contributed by atoms with Crippen LogP contribution < -0.4 is 5.32 Å². The second-order valence-electron chi connectivity index (χ2n) is 5.42. The van der Waals surface area contributed by atoms with Gasteiger partial charge in [-0.15, -0.1) is 0 Å². The summed E-state index contributed by atoms with van der Waals surface area (Å²) in [6.07, 6.45) is 6.84. The number of H-pyrrole nitrogens is 1. The molecular formula is C13H21N3O2S. The second kappa shape index (κ2) is 5.96. The summed E-state index contributed by atoms with van der Waals surface area (Å²) in [7, 11) is 0. The number of carboxylic acid groups (broad SMARTS) is 1. The molecule has 0 aromatic carbocycles. The summed E-state index contributed by atoms with van der Waals surface area (Å²) in [5, 5.41) is 14.0. The number of aromatic nitrogens is 2. The Hall–Kier alpha value is -1.01. The maximum absolute atomic E-state index is 11.7. The molecule has 1 aromatic heterocycles. The van der Waals surface area contributed by atoms with E-state index in [9.17, 15) is 9.90 Å². The van der Waals surface area contributed by atoms with E-state index in [1.54, 1.807) is 24.2 Å². The van der Waals surface area contributed by atoms with E-state index in [1.807, 2.05) is 13.8 Å². The van der Waals surface area contributed by atoms with E-state index in [1.165, 1.54) is 0 Å². The van der Waals surface area contributed by atoms with Gasteiger partial charge in [-0.3, -0.25) is 10.1 Å². The van der Waals surface area contributed by atoms with Crippen molar-refractivity contribution in [2.45, 2.75) is 61.5 Å². The molecular weight excluding hydrogens is 262 g/mol. The van der Waals surface area contributed by atoms with E-state index in [0.29, 0.717) is 18.1 Å². The van der Waals surface area contributed by atoms with Crippen LogP contribution in [0.1, 0.15) is 39.5 Å². The van der Waals surface area contributed by atoms with E-state index in [-0.39, 0.29) is 6.04 Å². The molecule has 106 valence electrons. The third-order valence-electron chi connectivity index (χ3n) is 3.43. The van der Waals surface area contributed by atoms with Gasteiger partial charge in [-0.2, -0.15) is 0 Å². The number of nitrogens with one attached hydrogen (secondary N) is 2. The molecule has 0 aliphatic heterocycles. The number of hydrogen-bond donors (Lipinski definition) is 3. The van der Waals surface area contributed by atoms with Crippen LogP contribution >= 0.6 is 11.8 Å². The van der Waals surface area contributed by atoms with Crippen molar-refractivity contribution in [2.24, 2.45) is 0 Å². The van der Waals surface area contributed by atoms with Gasteiger partial charge in [-0.1, -0.05) is 11.8 Å². The van der Waals surface area contributed by atoms with E-state index in [2.05, 4.69) is 15.3 Å². The van der Waals surface area contributed by atoms with E-state index < -0.39 is 11.5 Å². The van der Waals surface area contributed by atoms with E-state index in [0.717, 1.165) is 18.0 Å². The van der Waals surface area contributed by atoms with E-state index >= 15 is 0 Å². The van der Waals surface area contributed by atoms with Gasteiger partial charge in [-0.25, -0.2) is 4.98 Å². The van der Waals surface area contributed by atoms with Crippen molar-refractivity contribution in [1.82, 2.24) is 15.3 Å². The lowest BCUT2D eigenvalue weighted by Crippen LogP contribution is -2.57. The van der Waals surface area contributed by atoms with Gasteiger partial charge in [0.05, 0.1) is 0 Å². The summed E-state index contributed by atoms with van der Waals surface area (Å²) < 4.78 is 0. The molecule has 0 saturated heterocycles. The summed E-state index contributed by atoms with van der Waals surface area (Å²) >= 11 is 1.65. The average molecular weight is 283 g/mol. The molecule has 1 heterocycles. The fraction of sp³-hybridized carbons (Fsp3) is 0.692. The lowest BCUT2D eigenvalue weighted by molar-refractivity contribution is -0.146. The Kier molecular flexibility index (Phi) is 4.52. The van der Waals surface area contributed by atoms with Crippen molar-refractivity contribution in [3.05, 3.63) is 12.4 Å². The maximum atomic E-state index is 11.7. The number of aliphatic carboxylic acids is 1. The normalized spacial score (nSPS) is 27.6. The summed E-state index contributed by atoms with van der Waals surface area (Å²) in [5.41, 5.74) is -0.781. The molecule has 0 radical (unpaired) electrons. The SMILES string of the molecule is CC(C)NC1(C(=O)O)CCCC(Sc2ncc[nH]2)C1. The predicted molar refractivity (Wildman–Crippen MR) is 75.3 cm³/mol. The quantitative estimate of drug-likeness (QED) is 0.772. The minimum atomic E-state index is -0.781. The van der Waals surface area contributed by atoms with Crippen LogP contribution in [-0.2, 0) is 4.79 Å². The minimum absolute atomic E-state index is 0.170. The van der Waals surface area contributed by atoms with Crippen LogP contribution in [0.15, 0.2) is 17.6 Å². The van der Waals surface area contributed by atoms with Gasteiger partial charge in [0.1, 0.15) is 5.54 Å². The number of carboxylic acids is 1. The topological polar surface area (TPSA) is 78.0 Å². The zero-order valence-electron chi connectivity index (χ0n) is 11.3. The van der Waals surface area contributed by atoms with Crippen LogP contribution in [-0.4, -0.2) is 37.9 Å². The highest BCUT2D eigenvalue weighted by atomic mass is 32.2. The molecule has 0 bridgehead atoms. The first kappa shape index (κ1) is 14.4. The molecule has 19 heavy (non-hydrogen) atoms. The highest BCUT2D eigenvalue weighted by Crippen LogP contribution is 2.37. The smallest absolute Gasteiger partial charge is 0.323 e. The van der Waals surface area contributed by atoms with Crippen LogP contribution in [0.5, 0.6) is 0 Å². The summed E-state index contributed by atoms with van der Waals surface area (Å²) in [6, 6.07) is 0.170. The van der Waals surface area contributed by atoms with Gasteiger partial charge in [0.2, 0.25) is 0 Å². The number of aromatic amines is 1. The summed E-state index contributed by atoms with van der Waals surface area (Å²) in [5.74, 6) is -0.731. The molecule has 1 saturated carbocycles. The molecule has 0 amide bonds. The Bertz CT molecular complexity index is 422. The molecule has 2 unspecified atom stereocenters. The third kappa shape index (κ3) is 3.51. The molecule has 1 aliphatic carbocycles. The van der Waals surface area contributed by atoms with Crippen LogP contribution in [0, 0.1) is 0 Å². The number of carbonyl (C=O) groups is 1. The van der Waals surface area contributed by atoms with Crippen LogP contribution in [0.25, 0.3) is 0 Å². The Morgan fingerprint density at radius 3 is 3.05 bits per heavy atom. The molecule has 2 atom stereocenters. The molecule has 5 nitrogen and oxygen atoms in total. The molecule has 1 aliphatic rings. The summed E-state index contributed by atoms with van der Waals surface area (Å²) in [4.78, 5) is 18.9. The molecule has 3 N–H and O–H groups in total. The first-order valence-corrected chi connectivity index (χ1v) is 7.57. The van der Waals surface area contributed by atoms with Crippen LogP contribution in [0.2, 0.25) is 0 Å². The lowest BCUT2D eigenvalue weighted by Gasteiger charge is -2.39. The maximum Gasteiger partial charge on any atom is 0.323 e. The zero-order chi connectivity index (χ0) is 13.9. The fourth-order valence-electron chi connectivity index (χ4n) is 2.74. The lowest BCUT2D eigenvalue weighted by atomic mass is 9.81. The molecule has 2 rings (SSSR count). The predicted octanol–water partition coefficient (Wildman–Crippen LogP) is 2.27. The van der Waals surface area contributed by atoms with Crippen LogP contribution in [0.4, 0.5) is 0 Å². The van der Waals surface area contributed by atoms with Crippen molar-refractivity contribution < 1.29 is 9.90 Å². The monoisotopic (exact) mass is 283 g/mol. The highest BCUT2D eigenvalue weighted by molar-refractivity contribution is 7.99. The standard InChI is InChI=1S/C13H21N3O2S/c1-9(2)16-13(11(17)18)5-3-4-10(8-13)19-12-14-6-7-15-12/h6-7,9-10,16H,3-5,8H2,1-2H3,(H,14,15)(H,17,18). The van der Waals surface area contributed by atoms with Crippen molar-refractivity contribution in [2.75, 3.05) is 0 Å². The van der Waals surface area contributed by atoms with Gasteiger partial charge >= 0.3 is 5.97 Å². The molecule has 6 heteroatoms. The Morgan fingerprint density at radius 1 is 1.68 bits per heavy atom. The highest BCUT2D eigenvalue weighted by Gasteiger charge is 2.43. The first-order valence-electron chi connectivity index (χ1n) is 6.69. The summed E-state index contributed by atoms with van der Waals surface area (Å²) in [6.45, 7) is 3.99. The fourth-order valence-corrected chi connectivity index (χ4v) is 3.96. The third-order valence-corrected chi connectivity index (χ3v) is 4.61. The van der Waals surface area contributed by atoms with Crippen molar-refractivity contribution >= 4 is 17.7 Å². The van der Waals surface area contributed by atoms with Crippen molar-refractivity contribution in [3.63, 3.8) is 0 Å². The van der Waals surface area contributed by atoms with Gasteiger partial charge in [-0.05, 0) is 39.5 Å². The molecule has 0 spiro atoms. The zero-order valence-corrected chi connectivity index (χ0v) is 12.2. The van der Waals surface area contributed by atoms with E-state index in [4.69, 9.17) is 0 Å². The Labute approximate surface area is 117 Å². The van der Waals surface area contributed by atoms with Crippen LogP contribution in [0.3, 0.4) is 0 Å². The van der Waals surface area contributed by atoms with Gasteiger partial charge in [0, 0.05) is 23.7 Å². The Balaban J connectivity index is 2.06. The largest absolute Gasteiger partial charge is 0.480 e. The second-order valence-corrected chi connectivity index (χ2v) is 6.71. The van der Waals surface area contributed by atoms with Gasteiger partial charge < -0.3 is 10.1 Å². The number of hydrogen-bond acceptors (Lipinski definition) is 4.